The van der Waals surface area contributed by atoms with Crippen LogP contribution >= 0.6 is 11.6 Å². The van der Waals surface area contributed by atoms with Crippen LogP contribution in [0.15, 0.2) is 24.3 Å². The number of benzene rings is 1. The second-order valence-electron chi connectivity index (χ2n) is 4.36. The van der Waals surface area contributed by atoms with Gasteiger partial charge in [-0.25, -0.2) is 0 Å². The summed E-state index contributed by atoms with van der Waals surface area (Å²) in [6.07, 6.45) is 2.85. The highest BCUT2D eigenvalue weighted by atomic mass is 35.5. The lowest BCUT2D eigenvalue weighted by Gasteiger charge is -2.10. The van der Waals surface area contributed by atoms with Crippen LogP contribution in [0.5, 0.6) is 0 Å². The maximum atomic E-state index is 11.6. The molecule has 1 atom stereocenters. The van der Waals surface area contributed by atoms with Gasteiger partial charge in [0.2, 0.25) is 5.91 Å². The van der Waals surface area contributed by atoms with Gasteiger partial charge in [0, 0.05) is 17.5 Å². The van der Waals surface area contributed by atoms with Crippen LogP contribution in [-0.4, -0.2) is 12.5 Å². The molecule has 1 aromatic carbocycles. The maximum Gasteiger partial charge on any atom is 0.222 e. The molecule has 0 aliphatic heterocycles. The van der Waals surface area contributed by atoms with Crippen LogP contribution in [-0.2, 0) is 11.2 Å². The van der Waals surface area contributed by atoms with Crippen molar-refractivity contribution in [3.05, 3.63) is 34.9 Å². The Bertz CT molecular complexity index is 348. The first kappa shape index (κ1) is 14.0. The molecule has 0 heterocycles. The molecule has 2 nitrogen and oxygen atoms in total. The molecule has 0 saturated heterocycles. The minimum Gasteiger partial charge on any atom is -0.356 e. The standard InChI is InChI=1S/C14H20ClNO/c1-3-4-11(2)14(17)16-10-9-12-5-7-13(15)8-6-12/h5-8,11H,3-4,9-10H2,1-2H3,(H,16,17). The highest BCUT2D eigenvalue weighted by Gasteiger charge is 2.10. The van der Waals surface area contributed by atoms with E-state index < -0.39 is 0 Å². The van der Waals surface area contributed by atoms with E-state index >= 15 is 0 Å². The summed E-state index contributed by atoms with van der Waals surface area (Å²) in [6.45, 7) is 4.76. The summed E-state index contributed by atoms with van der Waals surface area (Å²) in [5.41, 5.74) is 1.19. The molecule has 0 aliphatic carbocycles. The van der Waals surface area contributed by atoms with Crippen molar-refractivity contribution < 1.29 is 4.79 Å². The number of nitrogens with one attached hydrogen (secondary N) is 1. The van der Waals surface area contributed by atoms with Crippen molar-refractivity contribution in [3.8, 4) is 0 Å². The lowest BCUT2D eigenvalue weighted by Crippen LogP contribution is -2.30. The van der Waals surface area contributed by atoms with Gasteiger partial charge in [-0.05, 0) is 30.5 Å². The Morgan fingerprint density at radius 1 is 1.35 bits per heavy atom. The van der Waals surface area contributed by atoms with Crippen LogP contribution in [0.2, 0.25) is 5.02 Å². The molecule has 0 fully saturated rings. The number of amides is 1. The highest BCUT2D eigenvalue weighted by Crippen LogP contribution is 2.09. The molecule has 1 unspecified atom stereocenters. The Morgan fingerprint density at radius 3 is 2.59 bits per heavy atom. The van der Waals surface area contributed by atoms with Crippen LogP contribution < -0.4 is 5.32 Å². The number of hydrogen-bond donors (Lipinski definition) is 1. The van der Waals surface area contributed by atoms with E-state index in [0.29, 0.717) is 6.54 Å². The molecule has 94 valence electrons. The number of halogens is 1. The van der Waals surface area contributed by atoms with Crippen LogP contribution in [0.4, 0.5) is 0 Å². The van der Waals surface area contributed by atoms with E-state index in [1.54, 1.807) is 0 Å². The zero-order chi connectivity index (χ0) is 12.7. The van der Waals surface area contributed by atoms with Gasteiger partial charge in [-0.1, -0.05) is 44.0 Å². The fourth-order valence-corrected chi connectivity index (χ4v) is 1.85. The largest absolute Gasteiger partial charge is 0.356 e. The number of carbonyl (C=O) groups is 1. The predicted octanol–water partition coefficient (Wildman–Crippen LogP) is 3.43. The molecule has 0 radical (unpaired) electrons. The normalized spacial score (nSPS) is 12.2. The summed E-state index contributed by atoms with van der Waals surface area (Å²) < 4.78 is 0. The molecule has 0 aromatic heterocycles. The molecular weight excluding hydrogens is 234 g/mol. The Labute approximate surface area is 108 Å². The quantitative estimate of drug-likeness (QED) is 0.827. The average molecular weight is 254 g/mol. The monoisotopic (exact) mass is 253 g/mol. The van der Waals surface area contributed by atoms with Gasteiger partial charge in [0.1, 0.15) is 0 Å². The van der Waals surface area contributed by atoms with Crippen molar-refractivity contribution in [3.63, 3.8) is 0 Å². The van der Waals surface area contributed by atoms with Crippen molar-refractivity contribution in [1.29, 1.82) is 0 Å². The third-order valence-corrected chi connectivity index (χ3v) is 3.05. The van der Waals surface area contributed by atoms with Crippen molar-refractivity contribution >= 4 is 17.5 Å². The van der Waals surface area contributed by atoms with E-state index in [-0.39, 0.29) is 11.8 Å². The van der Waals surface area contributed by atoms with Crippen LogP contribution in [0.25, 0.3) is 0 Å². The summed E-state index contributed by atoms with van der Waals surface area (Å²) in [4.78, 5) is 11.6. The minimum absolute atomic E-state index is 0.116. The van der Waals surface area contributed by atoms with Crippen molar-refractivity contribution in [2.45, 2.75) is 33.1 Å². The molecule has 3 heteroatoms. The zero-order valence-corrected chi connectivity index (χ0v) is 11.3. The van der Waals surface area contributed by atoms with Crippen molar-refractivity contribution in [2.24, 2.45) is 5.92 Å². The molecule has 1 N–H and O–H groups in total. The second kappa shape index (κ2) is 7.33. The van der Waals surface area contributed by atoms with E-state index in [1.807, 2.05) is 31.2 Å². The van der Waals surface area contributed by atoms with E-state index in [4.69, 9.17) is 11.6 Å². The fourth-order valence-electron chi connectivity index (χ4n) is 1.72. The number of rotatable bonds is 6. The summed E-state index contributed by atoms with van der Waals surface area (Å²) >= 11 is 5.80. The van der Waals surface area contributed by atoms with Gasteiger partial charge < -0.3 is 5.32 Å². The lowest BCUT2D eigenvalue weighted by atomic mass is 10.1. The molecule has 1 rings (SSSR count). The topological polar surface area (TPSA) is 29.1 Å². The highest BCUT2D eigenvalue weighted by molar-refractivity contribution is 6.30. The first-order chi connectivity index (χ1) is 8.13. The number of hydrogen-bond acceptors (Lipinski definition) is 1. The van der Waals surface area contributed by atoms with E-state index in [1.165, 1.54) is 5.56 Å². The Hall–Kier alpha value is -1.02. The van der Waals surface area contributed by atoms with E-state index in [0.717, 1.165) is 24.3 Å². The fraction of sp³-hybridized carbons (Fsp3) is 0.500. The Kier molecular flexibility index (Phi) is 6.06. The van der Waals surface area contributed by atoms with Gasteiger partial charge in [-0.2, -0.15) is 0 Å². The summed E-state index contributed by atoms with van der Waals surface area (Å²) in [6, 6.07) is 7.73. The molecule has 1 aromatic rings. The van der Waals surface area contributed by atoms with Gasteiger partial charge in [0.05, 0.1) is 0 Å². The van der Waals surface area contributed by atoms with Crippen molar-refractivity contribution in [1.82, 2.24) is 5.32 Å². The van der Waals surface area contributed by atoms with Crippen molar-refractivity contribution in [2.75, 3.05) is 6.54 Å². The van der Waals surface area contributed by atoms with Gasteiger partial charge in [-0.3, -0.25) is 4.79 Å². The average Bonchev–Trinajstić information content (AvgIpc) is 2.32. The minimum atomic E-state index is 0.116. The summed E-state index contributed by atoms with van der Waals surface area (Å²) in [5.74, 6) is 0.269. The number of carbonyl (C=O) groups excluding carboxylic acids is 1. The first-order valence-corrected chi connectivity index (χ1v) is 6.53. The maximum absolute atomic E-state index is 11.6. The van der Waals surface area contributed by atoms with E-state index in [9.17, 15) is 4.79 Å². The van der Waals surface area contributed by atoms with E-state index in [2.05, 4.69) is 12.2 Å². The smallest absolute Gasteiger partial charge is 0.222 e. The predicted molar refractivity (Wildman–Crippen MR) is 72.2 cm³/mol. The molecule has 17 heavy (non-hydrogen) atoms. The van der Waals surface area contributed by atoms with Gasteiger partial charge >= 0.3 is 0 Å². The summed E-state index contributed by atoms with van der Waals surface area (Å²) in [7, 11) is 0. The molecule has 0 saturated carbocycles. The molecule has 1 amide bonds. The summed E-state index contributed by atoms with van der Waals surface area (Å²) in [5, 5.41) is 3.70. The van der Waals surface area contributed by atoms with Gasteiger partial charge in [0.15, 0.2) is 0 Å². The third kappa shape index (κ3) is 5.22. The van der Waals surface area contributed by atoms with Crippen LogP contribution in [0.3, 0.4) is 0 Å². The molecule has 0 bridgehead atoms. The first-order valence-electron chi connectivity index (χ1n) is 6.15. The third-order valence-electron chi connectivity index (χ3n) is 2.80. The Balaban J connectivity index is 2.28. The van der Waals surface area contributed by atoms with Crippen LogP contribution in [0, 0.1) is 5.92 Å². The van der Waals surface area contributed by atoms with Crippen LogP contribution in [0.1, 0.15) is 32.3 Å². The SMILES string of the molecule is CCCC(C)C(=O)NCCc1ccc(Cl)cc1. The molecular formula is C14H20ClNO. The lowest BCUT2D eigenvalue weighted by molar-refractivity contribution is -0.124. The Morgan fingerprint density at radius 2 is 2.00 bits per heavy atom. The molecule has 0 aliphatic rings. The van der Waals surface area contributed by atoms with Gasteiger partial charge in [0.25, 0.3) is 0 Å². The zero-order valence-electron chi connectivity index (χ0n) is 10.5. The van der Waals surface area contributed by atoms with Gasteiger partial charge in [-0.15, -0.1) is 0 Å². The second-order valence-corrected chi connectivity index (χ2v) is 4.79. The molecule has 0 spiro atoms.